The molecule has 2 heterocycles. The zero-order chi connectivity index (χ0) is 10.1. The van der Waals surface area contributed by atoms with E-state index in [1.54, 1.807) is 11.7 Å². The van der Waals surface area contributed by atoms with Crippen LogP contribution in [-0.4, -0.2) is 16.8 Å². The summed E-state index contributed by atoms with van der Waals surface area (Å²) in [6.45, 7) is 1.84. The summed E-state index contributed by atoms with van der Waals surface area (Å²) in [6.07, 6.45) is 2.12. The standard InChI is InChI=1S/C9H10N2O2S/c1-5-6(7-3-10-4-14-7)2-8(12)11-9(5)13/h3-6H,2H2,1H3,(H,11,12,13). The van der Waals surface area contributed by atoms with Crippen LogP contribution in [0.3, 0.4) is 0 Å². The number of rotatable bonds is 1. The van der Waals surface area contributed by atoms with E-state index in [0.29, 0.717) is 6.42 Å². The summed E-state index contributed by atoms with van der Waals surface area (Å²) in [7, 11) is 0. The minimum Gasteiger partial charge on any atom is -0.296 e. The fourth-order valence-electron chi connectivity index (χ4n) is 1.62. The number of hydrogen-bond donors (Lipinski definition) is 1. The lowest BCUT2D eigenvalue weighted by Gasteiger charge is -2.25. The van der Waals surface area contributed by atoms with Gasteiger partial charge in [-0.05, 0) is 0 Å². The SMILES string of the molecule is CC1C(=O)NC(=O)CC1c1cncs1. The molecule has 1 aromatic heterocycles. The average molecular weight is 210 g/mol. The van der Waals surface area contributed by atoms with Gasteiger partial charge in [-0.1, -0.05) is 6.92 Å². The van der Waals surface area contributed by atoms with Crippen LogP contribution in [0.4, 0.5) is 0 Å². The second-order valence-electron chi connectivity index (χ2n) is 3.42. The van der Waals surface area contributed by atoms with Crippen LogP contribution < -0.4 is 5.32 Å². The summed E-state index contributed by atoms with van der Waals surface area (Å²) >= 11 is 1.49. The van der Waals surface area contributed by atoms with Gasteiger partial charge < -0.3 is 0 Å². The van der Waals surface area contributed by atoms with Gasteiger partial charge in [0, 0.05) is 29.3 Å². The first-order valence-corrected chi connectivity index (χ1v) is 5.28. The predicted octanol–water partition coefficient (Wildman–Crippen LogP) is 0.909. The number of hydrogen-bond acceptors (Lipinski definition) is 4. The van der Waals surface area contributed by atoms with Crippen molar-refractivity contribution in [2.75, 3.05) is 0 Å². The van der Waals surface area contributed by atoms with Crippen LogP contribution in [0.25, 0.3) is 0 Å². The summed E-state index contributed by atoms with van der Waals surface area (Å²) in [5.74, 6) is -0.511. The minimum atomic E-state index is -0.188. The molecule has 74 valence electrons. The molecule has 0 spiro atoms. The van der Waals surface area contributed by atoms with Crippen LogP contribution in [0.1, 0.15) is 24.1 Å². The largest absolute Gasteiger partial charge is 0.296 e. The number of amides is 2. The average Bonchev–Trinajstić information content (AvgIpc) is 2.63. The first kappa shape index (κ1) is 9.33. The maximum absolute atomic E-state index is 11.4. The summed E-state index contributed by atoms with van der Waals surface area (Å²) in [5, 5.41) is 2.33. The lowest BCUT2D eigenvalue weighted by molar-refractivity contribution is -0.136. The van der Waals surface area contributed by atoms with E-state index >= 15 is 0 Å². The number of piperidine rings is 1. The maximum atomic E-state index is 11.4. The molecular formula is C9H10N2O2S. The molecule has 0 aliphatic carbocycles. The quantitative estimate of drug-likeness (QED) is 0.701. The first-order chi connectivity index (χ1) is 6.68. The second-order valence-corrected chi connectivity index (χ2v) is 4.33. The molecule has 2 amide bonds. The van der Waals surface area contributed by atoms with Crippen LogP contribution in [0.15, 0.2) is 11.7 Å². The van der Waals surface area contributed by atoms with Crippen molar-refractivity contribution in [3.05, 3.63) is 16.6 Å². The van der Waals surface area contributed by atoms with Gasteiger partial charge in [-0.15, -0.1) is 11.3 Å². The predicted molar refractivity (Wildman–Crippen MR) is 51.8 cm³/mol. The second kappa shape index (κ2) is 3.49. The van der Waals surface area contributed by atoms with Crippen molar-refractivity contribution in [2.24, 2.45) is 5.92 Å². The molecule has 5 heteroatoms. The molecule has 0 radical (unpaired) electrons. The van der Waals surface area contributed by atoms with Crippen LogP contribution in [-0.2, 0) is 9.59 Å². The molecule has 2 rings (SSSR count). The molecule has 1 saturated heterocycles. The lowest BCUT2D eigenvalue weighted by atomic mass is 9.86. The molecule has 0 bridgehead atoms. The highest BCUT2D eigenvalue weighted by atomic mass is 32.1. The van der Waals surface area contributed by atoms with E-state index in [1.807, 2.05) is 6.92 Å². The van der Waals surface area contributed by atoms with Gasteiger partial charge in [0.1, 0.15) is 0 Å². The molecule has 4 nitrogen and oxygen atoms in total. The minimum absolute atomic E-state index is 0.00347. The molecule has 0 aromatic carbocycles. The zero-order valence-electron chi connectivity index (χ0n) is 7.69. The highest BCUT2D eigenvalue weighted by Gasteiger charge is 2.34. The third kappa shape index (κ3) is 1.55. The van der Waals surface area contributed by atoms with Crippen LogP contribution in [0.2, 0.25) is 0 Å². The Labute approximate surface area is 85.3 Å². The van der Waals surface area contributed by atoms with Crippen LogP contribution in [0.5, 0.6) is 0 Å². The maximum Gasteiger partial charge on any atom is 0.230 e. The number of carbonyl (C=O) groups excluding carboxylic acids is 2. The van der Waals surface area contributed by atoms with E-state index in [9.17, 15) is 9.59 Å². The Morgan fingerprint density at radius 3 is 3.00 bits per heavy atom. The van der Waals surface area contributed by atoms with Gasteiger partial charge in [0.25, 0.3) is 0 Å². The first-order valence-electron chi connectivity index (χ1n) is 4.40. The number of nitrogens with one attached hydrogen (secondary N) is 1. The Hall–Kier alpha value is -1.23. The van der Waals surface area contributed by atoms with Gasteiger partial charge >= 0.3 is 0 Å². The number of aromatic nitrogens is 1. The Bertz CT molecular complexity index is 361. The molecule has 1 aliphatic rings. The van der Waals surface area contributed by atoms with E-state index in [4.69, 9.17) is 0 Å². The molecular weight excluding hydrogens is 200 g/mol. The van der Waals surface area contributed by atoms with Crippen molar-refractivity contribution in [1.82, 2.24) is 10.3 Å². The summed E-state index contributed by atoms with van der Waals surface area (Å²) < 4.78 is 0. The third-order valence-electron chi connectivity index (χ3n) is 2.50. The van der Waals surface area contributed by atoms with E-state index in [1.165, 1.54) is 11.3 Å². The third-order valence-corrected chi connectivity index (χ3v) is 3.41. The van der Waals surface area contributed by atoms with Gasteiger partial charge in [0.05, 0.1) is 5.51 Å². The van der Waals surface area contributed by atoms with Crippen LogP contribution >= 0.6 is 11.3 Å². The van der Waals surface area contributed by atoms with Gasteiger partial charge in [-0.2, -0.15) is 0 Å². The van der Waals surface area contributed by atoms with E-state index in [-0.39, 0.29) is 23.7 Å². The van der Waals surface area contributed by atoms with Crippen molar-refractivity contribution in [3.63, 3.8) is 0 Å². The van der Waals surface area contributed by atoms with E-state index < -0.39 is 0 Å². The molecule has 1 aliphatic heterocycles. The molecule has 2 unspecified atom stereocenters. The number of thiazole rings is 1. The van der Waals surface area contributed by atoms with Gasteiger partial charge in [-0.25, -0.2) is 0 Å². The van der Waals surface area contributed by atoms with E-state index in [2.05, 4.69) is 10.3 Å². The zero-order valence-corrected chi connectivity index (χ0v) is 8.50. The van der Waals surface area contributed by atoms with Crippen molar-refractivity contribution < 1.29 is 9.59 Å². The number of imide groups is 1. The summed E-state index contributed by atoms with van der Waals surface area (Å²) in [5.41, 5.74) is 1.72. The molecule has 1 N–H and O–H groups in total. The van der Waals surface area contributed by atoms with Crippen molar-refractivity contribution in [3.8, 4) is 0 Å². The molecule has 14 heavy (non-hydrogen) atoms. The highest BCUT2D eigenvalue weighted by molar-refractivity contribution is 7.09. The van der Waals surface area contributed by atoms with Gasteiger partial charge in [0.15, 0.2) is 0 Å². The fourth-order valence-corrected chi connectivity index (χ4v) is 2.44. The monoisotopic (exact) mass is 210 g/mol. The number of carbonyl (C=O) groups is 2. The van der Waals surface area contributed by atoms with Gasteiger partial charge in [0.2, 0.25) is 11.8 Å². The van der Waals surface area contributed by atoms with Crippen molar-refractivity contribution >= 4 is 23.2 Å². The lowest BCUT2D eigenvalue weighted by Crippen LogP contribution is -2.43. The van der Waals surface area contributed by atoms with Gasteiger partial charge in [-0.3, -0.25) is 19.9 Å². The van der Waals surface area contributed by atoms with Crippen molar-refractivity contribution in [2.45, 2.75) is 19.3 Å². The summed E-state index contributed by atoms with van der Waals surface area (Å²) in [6, 6.07) is 0. The van der Waals surface area contributed by atoms with Crippen molar-refractivity contribution in [1.29, 1.82) is 0 Å². The van der Waals surface area contributed by atoms with E-state index in [0.717, 1.165) is 4.88 Å². The highest BCUT2D eigenvalue weighted by Crippen LogP contribution is 2.32. The Morgan fingerprint density at radius 1 is 1.57 bits per heavy atom. The normalized spacial score (nSPS) is 27.5. The summed E-state index contributed by atoms with van der Waals surface area (Å²) in [4.78, 5) is 27.5. The Kier molecular flexibility index (Phi) is 2.33. The fraction of sp³-hybridized carbons (Fsp3) is 0.444. The topological polar surface area (TPSA) is 59.1 Å². The molecule has 2 atom stereocenters. The number of nitrogens with zero attached hydrogens (tertiary/aromatic N) is 1. The smallest absolute Gasteiger partial charge is 0.230 e. The van der Waals surface area contributed by atoms with Crippen LogP contribution in [0, 0.1) is 5.92 Å². The molecule has 0 saturated carbocycles. The Morgan fingerprint density at radius 2 is 2.36 bits per heavy atom. The Balaban J connectivity index is 2.26. The molecule has 1 aromatic rings. The molecule has 1 fully saturated rings.